The Morgan fingerprint density at radius 2 is 1.88 bits per heavy atom. The first-order chi connectivity index (χ1) is 19.4. The van der Waals surface area contributed by atoms with Crippen molar-refractivity contribution in [3.8, 4) is 17.6 Å². The van der Waals surface area contributed by atoms with E-state index in [0.29, 0.717) is 39.4 Å². The average Bonchev–Trinajstić information content (AvgIpc) is 3.53. The number of unbranched alkanes of at least 4 members (excludes halogenated alkanes) is 1. The maximum absolute atomic E-state index is 13.7. The molecule has 0 saturated carbocycles. The number of fused-ring (bicyclic) bond motifs is 1. The number of nitrogens with zero attached hydrogens (tertiary/aromatic N) is 5. The highest BCUT2D eigenvalue weighted by Gasteiger charge is 2.34. The molecule has 4 heterocycles. The third-order valence-electron chi connectivity index (χ3n) is 7.63. The van der Waals surface area contributed by atoms with Crippen molar-refractivity contribution in [2.24, 2.45) is 0 Å². The number of piperazine rings is 1. The van der Waals surface area contributed by atoms with Crippen molar-refractivity contribution < 1.29 is 14.3 Å². The van der Waals surface area contributed by atoms with Gasteiger partial charge in [0.15, 0.2) is 11.5 Å². The molecule has 2 saturated heterocycles. The summed E-state index contributed by atoms with van der Waals surface area (Å²) in [5.41, 5.74) is 2.06. The van der Waals surface area contributed by atoms with Crippen molar-refractivity contribution in [2.75, 3.05) is 44.4 Å². The summed E-state index contributed by atoms with van der Waals surface area (Å²) < 4.78 is 13.1. The Hall–Kier alpha value is -3.33. The van der Waals surface area contributed by atoms with E-state index in [2.05, 4.69) is 29.7 Å². The minimum absolute atomic E-state index is 0.120. The standard InChI is InChI=1S/C29H33N5O4S2/c1-4-6-9-33-26(32-12-10-31(5-2)11-13-32)21(19(3)22(16-30)27(33)35)15-25-28(36)34(29(39)40-25)17-20-7-8-23-24(14-20)38-18-37-23/h7-8,14-15H,4-6,9-13,17-18H2,1-3H3/b25-15+. The van der Waals surface area contributed by atoms with E-state index in [1.54, 1.807) is 16.4 Å². The molecule has 2 aromatic rings. The Bertz CT molecular complexity index is 1470. The van der Waals surface area contributed by atoms with Crippen molar-refractivity contribution in [3.63, 3.8) is 0 Å². The number of carbonyl (C=O) groups is 1. The van der Waals surface area contributed by atoms with Gasteiger partial charge in [0, 0.05) is 38.3 Å². The fourth-order valence-corrected chi connectivity index (χ4v) is 6.51. The van der Waals surface area contributed by atoms with Crippen molar-refractivity contribution in [3.05, 3.63) is 55.7 Å². The predicted molar refractivity (Wildman–Crippen MR) is 161 cm³/mol. The van der Waals surface area contributed by atoms with Gasteiger partial charge in [-0.15, -0.1) is 0 Å². The predicted octanol–water partition coefficient (Wildman–Crippen LogP) is 4.10. The van der Waals surface area contributed by atoms with Gasteiger partial charge in [-0.05, 0) is 49.2 Å². The molecule has 5 rings (SSSR count). The number of ether oxygens (including phenoxy) is 2. The lowest BCUT2D eigenvalue weighted by atomic mass is 10.0. The fraction of sp³-hybridized carbons (Fsp3) is 0.448. The summed E-state index contributed by atoms with van der Waals surface area (Å²) in [4.78, 5) is 33.8. The van der Waals surface area contributed by atoms with Crippen LogP contribution in [0, 0.1) is 18.3 Å². The quantitative estimate of drug-likeness (QED) is 0.339. The monoisotopic (exact) mass is 579 g/mol. The van der Waals surface area contributed by atoms with Gasteiger partial charge in [0.05, 0.1) is 11.4 Å². The lowest BCUT2D eigenvalue weighted by Crippen LogP contribution is -2.48. The number of hydrogen-bond donors (Lipinski definition) is 0. The van der Waals surface area contributed by atoms with Gasteiger partial charge in [-0.3, -0.25) is 19.1 Å². The molecular weight excluding hydrogens is 546 g/mol. The molecule has 1 amide bonds. The molecule has 210 valence electrons. The van der Waals surface area contributed by atoms with Gasteiger partial charge in [-0.25, -0.2) is 0 Å². The van der Waals surface area contributed by atoms with Crippen molar-refractivity contribution in [2.45, 2.75) is 46.7 Å². The Kier molecular flexibility index (Phi) is 8.49. The molecule has 11 heteroatoms. The van der Waals surface area contributed by atoms with E-state index in [1.807, 2.05) is 24.3 Å². The van der Waals surface area contributed by atoms with Crippen LogP contribution in [0.3, 0.4) is 0 Å². The largest absolute Gasteiger partial charge is 0.454 e. The molecule has 9 nitrogen and oxygen atoms in total. The van der Waals surface area contributed by atoms with Crippen LogP contribution < -0.4 is 19.9 Å². The van der Waals surface area contributed by atoms with Crippen LogP contribution in [0.25, 0.3) is 6.08 Å². The molecule has 2 fully saturated rings. The number of nitriles is 1. The third-order valence-corrected chi connectivity index (χ3v) is 9.01. The van der Waals surface area contributed by atoms with E-state index in [9.17, 15) is 14.9 Å². The second-order valence-corrected chi connectivity index (χ2v) is 11.7. The summed E-state index contributed by atoms with van der Waals surface area (Å²) in [5, 5.41) is 9.94. The van der Waals surface area contributed by atoms with Crippen LogP contribution in [0.5, 0.6) is 11.5 Å². The maximum atomic E-state index is 13.7. The number of amides is 1. The van der Waals surface area contributed by atoms with E-state index < -0.39 is 0 Å². The van der Waals surface area contributed by atoms with Crippen molar-refractivity contribution in [1.29, 1.82) is 5.26 Å². The van der Waals surface area contributed by atoms with Gasteiger partial charge in [0.25, 0.3) is 11.5 Å². The fourth-order valence-electron chi connectivity index (χ4n) is 5.27. The number of thioether (sulfide) groups is 1. The molecule has 40 heavy (non-hydrogen) atoms. The van der Waals surface area contributed by atoms with Crippen LogP contribution >= 0.6 is 24.0 Å². The highest BCUT2D eigenvalue weighted by atomic mass is 32.2. The van der Waals surface area contributed by atoms with E-state index in [-0.39, 0.29) is 23.8 Å². The Labute approximate surface area is 243 Å². The molecule has 1 aromatic heterocycles. The first-order valence-electron chi connectivity index (χ1n) is 13.6. The van der Waals surface area contributed by atoms with Crippen LogP contribution in [-0.2, 0) is 17.9 Å². The van der Waals surface area contributed by atoms with E-state index in [0.717, 1.165) is 62.5 Å². The van der Waals surface area contributed by atoms with Crippen molar-refractivity contribution >= 4 is 46.1 Å². The smallest absolute Gasteiger partial charge is 0.270 e. The van der Waals surface area contributed by atoms with E-state index in [1.165, 1.54) is 11.8 Å². The van der Waals surface area contributed by atoms with Crippen LogP contribution in [0.2, 0.25) is 0 Å². The zero-order chi connectivity index (χ0) is 28.4. The molecule has 0 atom stereocenters. The van der Waals surface area contributed by atoms with Crippen LogP contribution in [0.1, 0.15) is 48.9 Å². The van der Waals surface area contributed by atoms with Crippen LogP contribution in [-0.4, -0.2) is 64.1 Å². The summed E-state index contributed by atoms with van der Waals surface area (Å²) in [6.45, 7) is 11.3. The minimum Gasteiger partial charge on any atom is -0.454 e. The Morgan fingerprint density at radius 1 is 1.12 bits per heavy atom. The van der Waals surface area contributed by atoms with E-state index >= 15 is 0 Å². The highest BCUT2D eigenvalue weighted by Crippen LogP contribution is 2.38. The number of thiocarbonyl (C=S) groups is 1. The van der Waals surface area contributed by atoms with Crippen LogP contribution in [0.15, 0.2) is 27.9 Å². The van der Waals surface area contributed by atoms with Crippen molar-refractivity contribution in [1.82, 2.24) is 14.4 Å². The number of hydrogen-bond acceptors (Lipinski definition) is 9. The molecule has 1 aromatic carbocycles. The first kappa shape index (κ1) is 28.2. The van der Waals surface area contributed by atoms with Gasteiger partial charge >= 0.3 is 0 Å². The molecule has 0 aliphatic carbocycles. The zero-order valence-corrected chi connectivity index (χ0v) is 24.7. The van der Waals surface area contributed by atoms with Crippen LogP contribution in [0.4, 0.5) is 5.82 Å². The number of benzene rings is 1. The molecule has 0 spiro atoms. The van der Waals surface area contributed by atoms with Gasteiger partial charge in [0.2, 0.25) is 6.79 Å². The number of anilines is 1. The first-order valence-corrected chi connectivity index (χ1v) is 14.9. The number of likely N-dealkylation sites (N-methyl/N-ethyl adjacent to an activating group) is 1. The van der Waals surface area contributed by atoms with E-state index in [4.69, 9.17) is 21.7 Å². The second kappa shape index (κ2) is 12.0. The Morgan fingerprint density at radius 3 is 2.58 bits per heavy atom. The second-order valence-electron chi connectivity index (χ2n) is 10.0. The highest BCUT2D eigenvalue weighted by molar-refractivity contribution is 8.26. The summed E-state index contributed by atoms with van der Waals surface area (Å²) in [7, 11) is 0. The lowest BCUT2D eigenvalue weighted by Gasteiger charge is -2.37. The molecule has 3 aliphatic rings. The summed E-state index contributed by atoms with van der Waals surface area (Å²) in [6, 6.07) is 7.74. The lowest BCUT2D eigenvalue weighted by molar-refractivity contribution is -0.122. The van der Waals surface area contributed by atoms with Gasteiger partial charge in [0.1, 0.15) is 21.8 Å². The molecular formula is C29H33N5O4S2. The minimum atomic E-state index is -0.270. The topological polar surface area (TPSA) is 91.0 Å². The molecule has 0 radical (unpaired) electrons. The molecule has 0 unspecified atom stereocenters. The zero-order valence-electron chi connectivity index (χ0n) is 23.1. The summed E-state index contributed by atoms with van der Waals surface area (Å²) in [6.07, 6.45) is 3.56. The summed E-state index contributed by atoms with van der Waals surface area (Å²) >= 11 is 6.87. The average molecular weight is 580 g/mol. The third kappa shape index (κ3) is 5.36. The normalized spacial score (nSPS) is 18.2. The number of rotatable bonds is 8. The SMILES string of the molecule is CCCCn1c(N2CCN(CC)CC2)c(/C=C2/SC(=S)N(Cc3ccc4c(c3)OCO4)C2=O)c(C)c(C#N)c1=O. The molecule has 0 N–H and O–H groups in total. The van der Waals surface area contributed by atoms with Gasteiger partial charge < -0.3 is 19.3 Å². The molecule has 0 bridgehead atoms. The number of aromatic nitrogens is 1. The maximum Gasteiger partial charge on any atom is 0.270 e. The number of carbonyl (C=O) groups excluding carboxylic acids is 1. The van der Waals surface area contributed by atoms with Gasteiger partial charge in [-0.2, -0.15) is 5.26 Å². The Balaban J connectivity index is 1.54. The number of pyridine rings is 1. The summed E-state index contributed by atoms with van der Waals surface area (Å²) in [5.74, 6) is 1.92. The molecule has 3 aliphatic heterocycles. The van der Waals surface area contributed by atoms with Gasteiger partial charge in [-0.1, -0.05) is 50.3 Å².